The number of fused-ring (bicyclic) bond motifs is 2. The van der Waals surface area contributed by atoms with Crippen molar-refractivity contribution in [2.45, 2.75) is 19.3 Å². The number of rotatable bonds is 2. The Hall–Kier alpha value is -2.76. The zero-order valence-corrected chi connectivity index (χ0v) is 13.2. The van der Waals surface area contributed by atoms with E-state index in [2.05, 4.69) is 15.1 Å². The summed E-state index contributed by atoms with van der Waals surface area (Å²) in [5.74, 6) is 0.108. The second-order valence-electron chi connectivity index (χ2n) is 6.00. The van der Waals surface area contributed by atoms with Crippen LogP contribution in [0.2, 0.25) is 0 Å². The largest absolute Gasteiger partial charge is 0.378 e. The number of hydrazone groups is 1. The van der Waals surface area contributed by atoms with Gasteiger partial charge >= 0.3 is 0 Å². The third-order valence-corrected chi connectivity index (χ3v) is 4.17. The normalized spacial score (nSPS) is 21.0. The van der Waals surface area contributed by atoms with Crippen molar-refractivity contribution in [2.75, 3.05) is 19.0 Å². The zero-order valence-electron chi connectivity index (χ0n) is 13.2. The Morgan fingerprint density at radius 2 is 1.83 bits per heavy atom. The van der Waals surface area contributed by atoms with Gasteiger partial charge in [-0.2, -0.15) is 15.1 Å². The summed E-state index contributed by atoms with van der Waals surface area (Å²) in [6.07, 6.45) is 4.72. The average Bonchev–Trinajstić information content (AvgIpc) is 3.10. The lowest BCUT2D eigenvalue weighted by atomic mass is 10.1. The molecule has 2 aliphatic heterocycles. The van der Waals surface area contributed by atoms with Gasteiger partial charge in [0.1, 0.15) is 5.70 Å². The number of aliphatic imine (C=N–C) groups is 2. The van der Waals surface area contributed by atoms with E-state index in [-0.39, 0.29) is 5.91 Å². The molecular formula is C17H17N5O. The minimum atomic E-state index is -0.287. The number of carbonyl (C=O) groups excluding carboxylic acids is 1. The average molecular weight is 307 g/mol. The lowest BCUT2D eigenvalue weighted by Gasteiger charge is -2.18. The summed E-state index contributed by atoms with van der Waals surface area (Å²) in [7, 11) is 3.99. The highest BCUT2D eigenvalue weighted by Gasteiger charge is 2.35. The van der Waals surface area contributed by atoms with Crippen LogP contribution < -0.4 is 4.90 Å². The van der Waals surface area contributed by atoms with E-state index in [0.717, 1.165) is 41.9 Å². The molecule has 0 aromatic heterocycles. The summed E-state index contributed by atoms with van der Waals surface area (Å²) in [5.41, 5.74) is 4.47. The Morgan fingerprint density at radius 3 is 2.57 bits per heavy atom. The number of carbonyl (C=O) groups is 1. The molecule has 2 heterocycles. The van der Waals surface area contributed by atoms with E-state index in [1.54, 1.807) is 5.01 Å². The van der Waals surface area contributed by atoms with Crippen molar-refractivity contribution in [1.29, 1.82) is 0 Å². The number of hydrogen-bond donors (Lipinski definition) is 0. The van der Waals surface area contributed by atoms with Crippen LogP contribution in [0.5, 0.6) is 0 Å². The van der Waals surface area contributed by atoms with Gasteiger partial charge in [-0.3, -0.25) is 4.79 Å². The molecule has 1 aromatic carbocycles. The topological polar surface area (TPSA) is 60.6 Å². The van der Waals surface area contributed by atoms with Crippen molar-refractivity contribution in [1.82, 2.24) is 5.01 Å². The summed E-state index contributed by atoms with van der Waals surface area (Å²) in [6, 6.07) is 8.00. The maximum Gasteiger partial charge on any atom is 0.299 e. The van der Waals surface area contributed by atoms with Gasteiger partial charge in [0.15, 0.2) is 0 Å². The van der Waals surface area contributed by atoms with Crippen molar-refractivity contribution >= 4 is 35.1 Å². The monoisotopic (exact) mass is 307 g/mol. The quantitative estimate of drug-likeness (QED) is 0.788. The first-order valence-electron chi connectivity index (χ1n) is 7.69. The fourth-order valence-corrected chi connectivity index (χ4v) is 2.90. The molecule has 0 atom stereocenters. The molecule has 1 saturated carbocycles. The van der Waals surface area contributed by atoms with E-state index < -0.39 is 0 Å². The number of hydrogen-bond acceptors (Lipinski definition) is 5. The third-order valence-electron chi connectivity index (χ3n) is 4.17. The summed E-state index contributed by atoms with van der Waals surface area (Å²) < 4.78 is 0. The van der Waals surface area contributed by atoms with E-state index in [0.29, 0.717) is 11.7 Å². The lowest BCUT2D eigenvalue weighted by Crippen LogP contribution is -2.28. The molecule has 0 N–H and O–H groups in total. The molecule has 1 fully saturated rings. The van der Waals surface area contributed by atoms with Crippen LogP contribution in [0.1, 0.15) is 24.8 Å². The molecule has 6 nitrogen and oxygen atoms in total. The molecule has 1 aliphatic carbocycles. The van der Waals surface area contributed by atoms with Crippen LogP contribution in [0, 0.1) is 0 Å². The maximum absolute atomic E-state index is 12.2. The predicted octanol–water partition coefficient (Wildman–Crippen LogP) is 2.29. The lowest BCUT2D eigenvalue weighted by molar-refractivity contribution is -0.114. The van der Waals surface area contributed by atoms with Gasteiger partial charge in [0.2, 0.25) is 0 Å². The molecule has 3 aliphatic rings. The smallest absolute Gasteiger partial charge is 0.299 e. The highest BCUT2D eigenvalue weighted by atomic mass is 16.2. The van der Waals surface area contributed by atoms with Crippen LogP contribution in [0.3, 0.4) is 0 Å². The highest BCUT2D eigenvalue weighted by Crippen LogP contribution is 2.27. The van der Waals surface area contributed by atoms with Crippen LogP contribution in [0.15, 0.2) is 45.0 Å². The number of guanidine groups is 1. The maximum atomic E-state index is 12.2. The molecule has 0 unspecified atom stereocenters. The molecule has 1 amide bonds. The van der Waals surface area contributed by atoms with Gasteiger partial charge in [0.25, 0.3) is 11.9 Å². The first-order chi connectivity index (χ1) is 11.1. The first kappa shape index (κ1) is 13.9. The van der Waals surface area contributed by atoms with Gasteiger partial charge in [0.05, 0.1) is 11.4 Å². The van der Waals surface area contributed by atoms with Gasteiger partial charge in [-0.05, 0) is 43.0 Å². The molecule has 4 rings (SSSR count). The van der Waals surface area contributed by atoms with Gasteiger partial charge < -0.3 is 4.90 Å². The predicted molar refractivity (Wildman–Crippen MR) is 91.7 cm³/mol. The van der Waals surface area contributed by atoms with Crippen molar-refractivity contribution in [3.8, 4) is 0 Å². The second kappa shape index (κ2) is 5.15. The second-order valence-corrected chi connectivity index (χ2v) is 6.00. The molecule has 6 heteroatoms. The van der Waals surface area contributed by atoms with Crippen LogP contribution >= 0.6 is 0 Å². The van der Waals surface area contributed by atoms with Crippen LogP contribution in [0.4, 0.5) is 5.69 Å². The third kappa shape index (κ3) is 2.36. The molecule has 23 heavy (non-hydrogen) atoms. The summed E-state index contributed by atoms with van der Waals surface area (Å²) in [6.45, 7) is 0. The molecule has 0 spiro atoms. The van der Waals surface area contributed by atoms with Crippen molar-refractivity contribution < 1.29 is 4.79 Å². The molecular weight excluding hydrogens is 290 g/mol. The summed E-state index contributed by atoms with van der Waals surface area (Å²) in [5, 5.41) is 6.15. The highest BCUT2D eigenvalue weighted by molar-refractivity contribution is 6.46. The van der Waals surface area contributed by atoms with Gasteiger partial charge in [-0.1, -0.05) is 12.1 Å². The molecule has 0 radical (unpaired) electrons. The minimum Gasteiger partial charge on any atom is -0.378 e. The fourth-order valence-electron chi connectivity index (χ4n) is 2.90. The number of nitrogens with zero attached hydrogens (tertiary/aromatic N) is 5. The van der Waals surface area contributed by atoms with E-state index in [1.165, 1.54) is 0 Å². The Morgan fingerprint density at radius 1 is 1.09 bits per heavy atom. The Labute approximate surface area is 134 Å². The van der Waals surface area contributed by atoms with E-state index >= 15 is 0 Å². The summed E-state index contributed by atoms with van der Waals surface area (Å²) in [4.78, 5) is 22.7. The van der Waals surface area contributed by atoms with E-state index in [4.69, 9.17) is 0 Å². The fraction of sp³-hybridized carbons (Fsp3) is 0.294. The van der Waals surface area contributed by atoms with Gasteiger partial charge in [-0.25, -0.2) is 4.99 Å². The van der Waals surface area contributed by atoms with Crippen LogP contribution in [-0.2, 0) is 4.79 Å². The van der Waals surface area contributed by atoms with Crippen molar-refractivity contribution in [3.63, 3.8) is 0 Å². The molecule has 1 aromatic rings. The number of anilines is 1. The van der Waals surface area contributed by atoms with E-state index in [9.17, 15) is 4.79 Å². The summed E-state index contributed by atoms with van der Waals surface area (Å²) >= 11 is 0. The number of benzene rings is 1. The Balaban J connectivity index is 1.67. The molecule has 116 valence electrons. The van der Waals surface area contributed by atoms with Crippen molar-refractivity contribution in [3.05, 3.63) is 35.5 Å². The standard InChI is InChI=1S/C17H17N5O/c1-21(2)12-8-6-11(7-9-12)10-15-16(23)19-17-18-13-4-3-5-14(13)20-22(15)17/h6-10H,3-5H2,1-2H3. The number of amides is 1. The Kier molecular flexibility index (Phi) is 3.11. The SMILES string of the molecule is CN(C)c1ccc(C=C2C(=O)N=C3N=C4CCCC4=NN23)cc1. The van der Waals surface area contributed by atoms with E-state index in [1.807, 2.05) is 49.3 Å². The van der Waals surface area contributed by atoms with Crippen molar-refractivity contribution in [2.24, 2.45) is 15.1 Å². The zero-order chi connectivity index (χ0) is 16.0. The van der Waals surface area contributed by atoms with Gasteiger partial charge in [0, 0.05) is 19.8 Å². The van der Waals surface area contributed by atoms with Crippen LogP contribution in [0.25, 0.3) is 6.08 Å². The molecule has 0 bridgehead atoms. The van der Waals surface area contributed by atoms with Gasteiger partial charge in [-0.15, -0.1) is 0 Å². The van der Waals surface area contributed by atoms with Crippen LogP contribution in [-0.4, -0.2) is 42.4 Å². The first-order valence-corrected chi connectivity index (χ1v) is 7.69. The minimum absolute atomic E-state index is 0.287. The molecule has 0 saturated heterocycles. The Bertz CT molecular complexity index is 799.